The number of amides is 1. The molecule has 26 heavy (non-hydrogen) atoms. The first-order valence-corrected chi connectivity index (χ1v) is 9.07. The lowest BCUT2D eigenvalue weighted by Gasteiger charge is -2.31. The van der Waals surface area contributed by atoms with Gasteiger partial charge in [0.1, 0.15) is 6.54 Å². The van der Waals surface area contributed by atoms with Crippen molar-refractivity contribution in [2.75, 3.05) is 24.5 Å². The predicted molar refractivity (Wildman–Crippen MR) is 90.5 cm³/mol. The smallest absolute Gasteiger partial charge is 0.347 e. The second-order valence-corrected chi connectivity index (χ2v) is 7.07. The van der Waals surface area contributed by atoms with E-state index in [1.807, 2.05) is 17.1 Å². The summed E-state index contributed by atoms with van der Waals surface area (Å²) in [7, 11) is 0. The number of aromatic nitrogens is 3. The first-order chi connectivity index (χ1) is 12.3. The Kier molecular flexibility index (Phi) is 5.17. The van der Waals surface area contributed by atoms with Gasteiger partial charge in [0.2, 0.25) is 16.0 Å². The molecular weight excluding hydrogens is 371 g/mol. The molecule has 3 heterocycles. The van der Waals surface area contributed by atoms with Gasteiger partial charge in [-0.1, -0.05) is 18.3 Å². The molecule has 11 heteroatoms. The van der Waals surface area contributed by atoms with Crippen LogP contribution in [-0.4, -0.2) is 46.3 Å². The highest BCUT2D eigenvalue weighted by Gasteiger charge is 2.32. The second kappa shape index (κ2) is 7.22. The number of anilines is 1. The predicted octanol–water partition coefficient (Wildman–Crippen LogP) is 1.61. The van der Waals surface area contributed by atoms with E-state index in [0.29, 0.717) is 41.6 Å². The topological polar surface area (TPSA) is 79.6 Å². The summed E-state index contributed by atoms with van der Waals surface area (Å²) in [5, 5.41) is 6.74. The summed E-state index contributed by atoms with van der Waals surface area (Å²) in [5.74, 6) is -1.16. The van der Waals surface area contributed by atoms with Crippen LogP contribution in [0, 0.1) is 5.92 Å². The molecule has 2 aromatic heterocycles. The highest BCUT2D eigenvalue weighted by molar-refractivity contribution is 7.20. The molecule has 0 spiro atoms. The van der Waals surface area contributed by atoms with Crippen LogP contribution in [0.4, 0.5) is 18.3 Å². The Morgan fingerprint density at radius 3 is 2.92 bits per heavy atom. The maximum absolute atomic E-state index is 12.3. The molecule has 1 N–H and O–H groups in total. The van der Waals surface area contributed by atoms with Crippen LogP contribution in [0.25, 0.3) is 4.96 Å². The van der Waals surface area contributed by atoms with Crippen LogP contribution in [0.5, 0.6) is 0 Å². The lowest BCUT2D eigenvalue weighted by molar-refractivity contribution is -0.140. The zero-order chi connectivity index (χ0) is 18.9. The number of carbonyl (C=O) groups is 1. The average molecular weight is 389 g/mol. The fraction of sp³-hybridized carbons (Fsp3) is 0.600. The van der Waals surface area contributed by atoms with Gasteiger partial charge in [-0.05, 0) is 19.3 Å². The molecule has 3 rings (SSSR count). The largest absolute Gasteiger partial charge is 0.405 e. The number of hydrogen-bond acceptors (Lipinski definition) is 6. The molecule has 1 unspecified atom stereocenters. The summed E-state index contributed by atoms with van der Waals surface area (Å²) in [5.41, 5.74) is 0.402. The van der Waals surface area contributed by atoms with Crippen molar-refractivity contribution >= 4 is 27.3 Å². The van der Waals surface area contributed by atoms with Gasteiger partial charge in [-0.15, -0.1) is 5.10 Å². The van der Waals surface area contributed by atoms with Crippen LogP contribution in [0.3, 0.4) is 0 Å². The lowest BCUT2D eigenvalue weighted by atomic mass is 9.97. The zero-order valence-electron chi connectivity index (χ0n) is 14.0. The van der Waals surface area contributed by atoms with Crippen molar-refractivity contribution in [3.05, 3.63) is 22.1 Å². The number of nitrogens with one attached hydrogen (secondary N) is 1. The number of carbonyl (C=O) groups excluding carboxylic acids is 1. The van der Waals surface area contributed by atoms with Gasteiger partial charge in [0.25, 0.3) is 5.56 Å². The third-order valence-corrected chi connectivity index (χ3v) is 5.14. The minimum atomic E-state index is -4.43. The molecule has 2 aromatic rings. The summed E-state index contributed by atoms with van der Waals surface area (Å²) in [4.78, 5) is 30.8. The molecule has 0 aliphatic carbocycles. The van der Waals surface area contributed by atoms with Gasteiger partial charge in [-0.2, -0.15) is 17.7 Å². The number of rotatable bonds is 4. The molecule has 0 saturated carbocycles. The average Bonchev–Trinajstić information content (AvgIpc) is 3.04. The Hall–Kier alpha value is -2.17. The van der Waals surface area contributed by atoms with E-state index in [1.54, 1.807) is 0 Å². The lowest BCUT2D eigenvalue weighted by Crippen LogP contribution is -2.45. The highest BCUT2D eigenvalue weighted by atomic mass is 32.1. The molecule has 0 bridgehead atoms. The Bertz CT molecular complexity index is 863. The first kappa shape index (κ1) is 18.6. The summed E-state index contributed by atoms with van der Waals surface area (Å²) >= 11 is 1.23. The minimum Gasteiger partial charge on any atom is -0.347 e. The van der Waals surface area contributed by atoms with Gasteiger partial charge < -0.3 is 10.2 Å². The van der Waals surface area contributed by atoms with Crippen LogP contribution in [0.1, 0.15) is 25.5 Å². The molecular formula is C15H18F3N5O2S. The molecule has 7 nitrogen and oxygen atoms in total. The van der Waals surface area contributed by atoms with Crippen molar-refractivity contribution in [2.45, 2.75) is 32.4 Å². The van der Waals surface area contributed by atoms with Crippen LogP contribution in [0.2, 0.25) is 0 Å². The molecule has 0 aromatic carbocycles. The van der Waals surface area contributed by atoms with Crippen molar-refractivity contribution in [1.29, 1.82) is 0 Å². The SMILES string of the molecule is CCc1cc(=O)n2nc(N3CCCC(C(=O)NCC(F)(F)F)C3)sc2n1. The molecule has 1 saturated heterocycles. The van der Waals surface area contributed by atoms with Crippen LogP contribution < -0.4 is 15.8 Å². The second-order valence-electron chi connectivity index (χ2n) is 6.14. The van der Waals surface area contributed by atoms with E-state index in [4.69, 9.17) is 0 Å². The Morgan fingerprint density at radius 1 is 1.46 bits per heavy atom. The van der Waals surface area contributed by atoms with Crippen LogP contribution in [-0.2, 0) is 11.2 Å². The quantitative estimate of drug-likeness (QED) is 0.860. The van der Waals surface area contributed by atoms with Gasteiger partial charge in [-0.3, -0.25) is 9.59 Å². The van der Waals surface area contributed by atoms with E-state index in [-0.39, 0.29) is 12.1 Å². The number of hydrogen-bond donors (Lipinski definition) is 1. The monoisotopic (exact) mass is 389 g/mol. The first-order valence-electron chi connectivity index (χ1n) is 8.26. The van der Waals surface area contributed by atoms with Gasteiger partial charge in [0, 0.05) is 24.8 Å². The van der Waals surface area contributed by atoms with Crippen molar-refractivity contribution in [1.82, 2.24) is 19.9 Å². The summed E-state index contributed by atoms with van der Waals surface area (Å²) in [6.45, 7) is 1.45. The van der Waals surface area contributed by atoms with Crippen LogP contribution >= 0.6 is 11.3 Å². The molecule has 142 valence electrons. The fourth-order valence-corrected chi connectivity index (χ4v) is 3.81. The zero-order valence-corrected chi connectivity index (χ0v) is 14.9. The molecule has 1 fully saturated rings. The van der Waals surface area contributed by atoms with E-state index in [0.717, 1.165) is 0 Å². The van der Waals surface area contributed by atoms with Crippen molar-refractivity contribution in [3.8, 4) is 0 Å². The molecule has 1 aliphatic heterocycles. The van der Waals surface area contributed by atoms with E-state index >= 15 is 0 Å². The van der Waals surface area contributed by atoms with E-state index in [2.05, 4.69) is 10.1 Å². The summed E-state index contributed by atoms with van der Waals surface area (Å²) in [6.07, 6.45) is -2.63. The number of piperidine rings is 1. The number of aryl methyl sites for hydroxylation is 1. The number of halogens is 3. The highest BCUT2D eigenvalue weighted by Crippen LogP contribution is 2.27. The normalized spacial score (nSPS) is 18.3. The Morgan fingerprint density at radius 2 is 2.23 bits per heavy atom. The van der Waals surface area contributed by atoms with Gasteiger partial charge in [-0.25, -0.2) is 4.98 Å². The maximum Gasteiger partial charge on any atom is 0.405 e. The maximum atomic E-state index is 12.3. The molecule has 1 atom stereocenters. The van der Waals surface area contributed by atoms with Crippen molar-refractivity contribution < 1.29 is 18.0 Å². The van der Waals surface area contributed by atoms with Gasteiger partial charge >= 0.3 is 6.18 Å². The van der Waals surface area contributed by atoms with Gasteiger partial charge in [0.05, 0.1) is 5.92 Å². The number of fused-ring (bicyclic) bond motifs is 1. The van der Waals surface area contributed by atoms with E-state index in [1.165, 1.54) is 21.9 Å². The standard InChI is InChI=1S/C15H18F3N5O2S/c1-2-10-6-11(24)23-13(20-10)26-14(21-23)22-5-3-4-9(7-22)12(25)19-8-15(16,17)18/h6,9H,2-5,7-8H2,1H3,(H,19,25). The fourth-order valence-electron chi connectivity index (χ4n) is 2.85. The van der Waals surface area contributed by atoms with Crippen molar-refractivity contribution in [3.63, 3.8) is 0 Å². The molecule has 0 radical (unpaired) electrons. The number of alkyl halides is 3. The third kappa shape index (κ3) is 4.14. The van der Waals surface area contributed by atoms with Crippen LogP contribution in [0.15, 0.2) is 10.9 Å². The number of nitrogens with zero attached hydrogens (tertiary/aromatic N) is 4. The minimum absolute atomic E-state index is 0.263. The van der Waals surface area contributed by atoms with Gasteiger partial charge in [0.15, 0.2) is 0 Å². The third-order valence-electron chi connectivity index (χ3n) is 4.18. The Balaban J connectivity index is 1.75. The van der Waals surface area contributed by atoms with E-state index < -0.39 is 24.5 Å². The Labute approximate surface area is 150 Å². The summed E-state index contributed by atoms with van der Waals surface area (Å²) < 4.78 is 38.0. The molecule has 1 amide bonds. The van der Waals surface area contributed by atoms with Crippen molar-refractivity contribution in [2.24, 2.45) is 5.92 Å². The molecule has 1 aliphatic rings. The van der Waals surface area contributed by atoms with E-state index in [9.17, 15) is 22.8 Å². The summed E-state index contributed by atoms with van der Waals surface area (Å²) in [6, 6.07) is 1.43.